The normalized spacial score (nSPS) is 10.2. The topological polar surface area (TPSA) is 74.0 Å². The van der Waals surface area contributed by atoms with Gasteiger partial charge in [-0.05, 0) is 6.07 Å². The number of nitriles is 1. The van der Waals surface area contributed by atoms with Crippen molar-refractivity contribution < 1.29 is 18.7 Å². The lowest BCUT2D eigenvalue weighted by Gasteiger charge is -2.07. The Bertz CT molecular complexity index is 471. The summed E-state index contributed by atoms with van der Waals surface area (Å²) in [4.78, 5) is 14.0. The Morgan fingerprint density at radius 1 is 1.69 bits per heavy atom. The van der Waals surface area contributed by atoms with Crippen LogP contribution in [-0.4, -0.2) is 16.1 Å². The van der Waals surface area contributed by atoms with Gasteiger partial charge in [-0.25, -0.2) is 18.6 Å². The summed E-state index contributed by atoms with van der Waals surface area (Å²) >= 11 is 5.44. The van der Waals surface area contributed by atoms with Gasteiger partial charge in [0, 0.05) is 11.4 Å². The van der Waals surface area contributed by atoms with E-state index < -0.39 is 23.8 Å². The zero-order valence-corrected chi connectivity index (χ0v) is 8.50. The molecule has 84 valence electrons. The Balaban J connectivity index is 3.48. The SMILES string of the molecule is N#Cc1cc(CCl)c(C(=O)O)nc1C(F)F. The van der Waals surface area contributed by atoms with Crippen LogP contribution in [0, 0.1) is 11.3 Å². The molecule has 1 aromatic heterocycles. The van der Waals surface area contributed by atoms with Crippen LogP contribution in [0.4, 0.5) is 8.78 Å². The van der Waals surface area contributed by atoms with E-state index >= 15 is 0 Å². The van der Waals surface area contributed by atoms with Crippen molar-refractivity contribution >= 4 is 17.6 Å². The number of aromatic carboxylic acids is 1. The summed E-state index contributed by atoms with van der Waals surface area (Å²) in [5.41, 5.74) is -1.72. The molecule has 0 aliphatic rings. The molecule has 1 N–H and O–H groups in total. The summed E-state index contributed by atoms with van der Waals surface area (Å²) in [5.74, 6) is -1.67. The van der Waals surface area contributed by atoms with Gasteiger partial charge >= 0.3 is 5.97 Å². The van der Waals surface area contributed by atoms with Crippen LogP contribution in [0.25, 0.3) is 0 Å². The zero-order valence-electron chi connectivity index (χ0n) is 7.75. The van der Waals surface area contributed by atoms with Gasteiger partial charge in [0.2, 0.25) is 0 Å². The lowest BCUT2D eigenvalue weighted by Crippen LogP contribution is -2.09. The summed E-state index contributed by atoms with van der Waals surface area (Å²) in [7, 11) is 0. The number of pyridine rings is 1. The van der Waals surface area contributed by atoms with Crippen LogP contribution in [0.1, 0.15) is 33.7 Å². The Kier molecular flexibility index (Phi) is 3.74. The maximum atomic E-state index is 12.5. The molecular weight excluding hydrogens is 242 g/mol. The number of halogens is 3. The predicted octanol–water partition coefficient (Wildman–Crippen LogP) is 2.33. The molecule has 0 saturated carbocycles. The van der Waals surface area contributed by atoms with E-state index in [-0.39, 0.29) is 17.0 Å². The van der Waals surface area contributed by atoms with Gasteiger partial charge in [-0.3, -0.25) is 0 Å². The lowest BCUT2D eigenvalue weighted by atomic mass is 10.1. The molecule has 0 bridgehead atoms. The van der Waals surface area contributed by atoms with Gasteiger partial charge in [-0.2, -0.15) is 5.26 Å². The van der Waals surface area contributed by atoms with Crippen molar-refractivity contribution in [3.05, 3.63) is 28.6 Å². The number of alkyl halides is 3. The fraction of sp³-hybridized carbons (Fsp3) is 0.222. The Hall–Kier alpha value is -1.74. The van der Waals surface area contributed by atoms with Gasteiger partial charge < -0.3 is 5.11 Å². The fourth-order valence-corrected chi connectivity index (χ4v) is 1.32. The quantitative estimate of drug-likeness (QED) is 0.831. The molecule has 0 aliphatic carbocycles. The van der Waals surface area contributed by atoms with Crippen molar-refractivity contribution in [3.63, 3.8) is 0 Å². The van der Waals surface area contributed by atoms with Gasteiger partial charge in [0.1, 0.15) is 11.8 Å². The average molecular weight is 247 g/mol. The minimum absolute atomic E-state index is 0.0371. The van der Waals surface area contributed by atoms with Crippen LogP contribution in [0.5, 0.6) is 0 Å². The van der Waals surface area contributed by atoms with Crippen LogP contribution < -0.4 is 0 Å². The van der Waals surface area contributed by atoms with Crippen molar-refractivity contribution in [1.82, 2.24) is 4.98 Å². The van der Waals surface area contributed by atoms with E-state index in [0.29, 0.717) is 0 Å². The number of nitrogens with zero attached hydrogens (tertiary/aromatic N) is 2. The highest BCUT2D eigenvalue weighted by atomic mass is 35.5. The molecule has 0 aromatic carbocycles. The van der Waals surface area contributed by atoms with Gasteiger partial charge in [-0.15, -0.1) is 11.6 Å². The summed E-state index contributed by atoms with van der Waals surface area (Å²) < 4.78 is 24.9. The predicted molar refractivity (Wildman–Crippen MR) is 50.4 cm³/mol. The summed E-state index contributed by atoms with van der Waals surface area (Å²) in [6, 6.07) is 2.54. The number of hydrogen-bond donors (Lipinski definition) is 1. The minimum atomic E-state index is -3.00. The summed E-state index contributed by atoms with van der Waals surface area (Å²) in [5, 5.41) is 17.3. The number of rotatable bonds is 3. The minimum Gasteiger partial charge on any atom is -0.477 e. The molecule has 0 atom stereocenters. The Morgan fingerprint density at radius 3 is 2.69 bits per heavy atom. The number of carbonyl (C=O) groups is 1. The van der Waals surface area contributed by atoms with Crippen molar-refractivity contribution in [2.24, 2.45) is 0 Å². The Labute approximate surface area is 94.1 Å². The smallest absolute Gasteiger partial charge is 0.354 e. The molecule has 0 amide bonds. The lowest BCUT2D eigenvalue weighted by molar-refractivity contribution is 0.0687. The van der Waals surface area contributed by atoms with E-state index in [1.54, 1.807) is 0 Å². The van der Waals surface area contributed by atoms with E-state index in [1.807, 2.05) is 0 Å². The van der Waals surface area contributed by atoms with Crippen molar-refractivity contribution in [2.75, 3.05) is 0 Å². The summed E-state index contributed by atoms with van der Waals surface area (Å²) in [6.45, 7) is 0. The first kappa shape index (κ1) is 12.3. The van der Waals surface area contributed by atoms with Crippen molar-refractivity contribution in [1.29, 1.82) is 5.26 Å². The molecule has 1 aromatic rings. The largest absolute Gasteiger partial charge is 0.477 e. The standard InChI is InChI=1S/C9H5ClF2N2O2/c10-2-4-1-5(3-13)6(8(11)12)14-7(4)9(15)16/h1,8H,2H2,(H,15,16). The molecule has 16 heavy (non-hydrogen) atoms. The van der Waals surface area contributed by atoms with Crippen LogP contribution in [0.3, 0.4) is 0 Å². The van der Waals surface area contributed by atoms with E-state index in [0.717, 1.165) is 6.07 Å². The maximum absolute atomic E-state index is 12.5. The molecular formula is C9H5ClF2N2O2. The highest BCUT2D eigenvalue weighted by molar-refractivity contribution is 6.17. The molecule has 0 radical (unpaired) electrons. The number of hydrogen-bond acceptors (Lipinski definition) is 3. The highest BCUT2D eigenvalue weighted by Gasteiger charge is 2.21. The van der Waals surface area contributed by atoms with Gasteiger partial charge in [0.05, 0.1) is 5.56 Å². The maximum Gasteiger partial charge on any atom is 0.354 e. The number of aromatic nitrogens is 1. The average Bonchev–Trinajstić information content (AvgIpc) is 2.26. The monoisotopic (exact) mass is 246 g/mol. The summed E-state index contributed by atoms with van der Waals surface area (Å²) in [6.07, 6.45) is -3.00. The third-order valence-electron chi connectivity index (χ3n) is 1.80. The first-order valence-electron chi connectivity index (χ1n) is 4.02. The molecule has 0 unspecified atom stereocenters. The van der Waals surface area contributed by atoms with Gasteiger partial charge in [0.25, 0.3) is 6.43 Å². The molecule has 4 nitrogen and oxygen atoms in total. The first-order valence-corrected chi connectivity index (χ1v) is 4.56. The van der Waals surface area contributed by atoms with Gasteiger partial charge in [-0.1, -0.05) is 0 Å². The van der Waals surface area contributed by atoms with E-state index in [9.17, 15) is 13.6 Å². The second kappa shape index (κ2) is 4.86. The van der Waals surface area contributed by atoms with Crippen LogP contribution in [0.15, 0.2) is 6.07 Å². The third kappa shape index (κ3) is 2.25. The fourth-order valence-electron chi connectivity index (χ4n) is 1.11. The van der Waals surface area contributed by atoms with Gasteiger partial charge in [0.15, 0.2) is 5.69 Å². The van der Waals surface area contributed by atoms with Crippen molar-refractivity contribution in [2.45, 2.75) is 12.3 Å². The Morgan fingerprint density at radius 2 is 2.31 bits per heavy atom. The number of carboxylic acid groups (broad SMARTS) is 1. The second-order valence-corrected chi connectivity index (χ2v) is 3.05. The number of carboxylic acids is 1. The van der Waals surface area contributed by atoms with Crippen LogP contribution in [0.2, 0.25) is 0 Å². The second-order valence-electron chi connectivity index (χ2n) is 2.78. The molecule has 1 rings (SSSR count). The molecule has 7 heteroatoms. The highest BCUT2D eigenvalue weighted by Crippen LogP contribution is 2.23. The van der Waals surface area contributed by atoms with Crippen molar-refractivity contribution in [3.8, 4) is 6.07 Å². The van der Waals surface area contributed by atoms with Crippen LogP contribution in [-0.2, 0) is 5.88 Å². The zero-order chi connectivity index (χ0) is 12.3. The van der Waals surface area contributed by atoms with E-state index in [1.165, 1.54) is 6.07 Å². The van der Waals surface area contributed by atoms with E-state index in [4.69, 9.17) is 22.0 Å². The molecule has 0 saturated heterocycles. The molecule has 0 fully saturated rings. The first-order chi connectivity index (χ1) is 7.51. The molecule has 1 heterocycles. The molecule has 0 spiro atoms. The van der Waals surface area contributed by atoms with E-state index in [2.05, 4.69) is 4.98 Å². The molecule has 0 aliphatic heterocycles. The third-order valence-corrected chi connectivity index (χ3v) is 2.09. The van der Waals surface area contributed by atoms with Crippen LogP contribution >= 0.6 is 11.6 Å².